The molecule has 265 valence electrons. The fraction of sp³-hybridized carbons (Fsp3) is 0.311. The number of ketones is 1. The average Bonchev–Trinajstić information content (AvgIpc) is 3.57. The zero-order valence-electron chi connectivity index (χ0n) is 30.5. The molecule has 0 unspecified atom stereocenters. The Morgan fingerprint density at radius 3 is 2.24 bits per heavy atom. The number of carbonyl (C=O) groups is 1. The zero-order chi connectivity index (χ0) is 35.5. The van der Waals surface area contributed by atoms with Gasteiger partial charge in [-0.3, -0.25) is 14.8 Å². The smallest absolute Gasteiger partial charge is 0.164 e. The Morgan fingerprint density at radius 2 is 1.53 bits per heavy atom. The van der Waals surface area contributed by atoms with Gasteiger partial charge in [-0.25, -0.2) is 0 Å². The minimum Gasteiger partial charge on any atom is -0.512 e. The van der Waals surface area contributed by atoms with Crippen molar-refractivity contribution in [3.8, 4) is 33.5 Å². The standard InChI is InChI=1S/C30H19N2O.C15H28O2.Ir/c1-2-6-19(7-3-1)26-17-22(16-20-8-4-5-9-23(20)26)29-30-25(13-15-32-29)28-24-12-14-31-18-21(24)10-11-27(28)33-30;1-7-14(5,8-2)12(16)11-13(17)15(6,9-3)10-4;/h1-9,12-15,17-18H,10-11H2;11,16H,7-10H2,1-6H3;/q-1;;/b;12-11-;. The Kier molecular flexibility index (Phi) is 11.8. The molecular formula is C45H47IrN2O3-. The first-order valence-corrected chi connectivity index (χ1v) is 18.0. The summed E-state index contributed by atoms with van der Waals surface area (Å²) in [5, 5.41) is 13.5. The second-order valence-corrected chi connectivity index (χ2v) is 13.9. The molecule has 6 heteroatoms. The molecule has 0 saturated carbocycles. The molecular weight excluding hydrogens is 809 g/mol. The Morgan fingerprint density at radius 1 is 0.843 bits per heavy atom. The maximum absolute atomic E-state index is 12.2. The molecule has 1 aliphatic carbocycles. The van der Waals surface area contributed by atoms with Gasteiger partial charge in [0.1, 0.15) is 17.1 Å². The van der Waals surface area contributed by atoms with Crippen LogP contribution in [0.25, 0.3) is 55.3 Å². The summed E-state index contributed by atoms with van der Waals surface area (Å²) in [4.78, 5) is 21.3. The molecule has 0 amide bonds. The molecule has 7 rings (SSSR count). The molecule has 1 radical (unpaired) electrons. The number of furan rings is 1. The molecule has 0 spiro atoms. The number of carbonyl (C=O) groups excluding carboxylic acids is 1. The maximum Gasteiger partial charge on any atom is 0.164 e. The van der Waals surface area contributed by atoms with Crippen LogP contribution in [0.3, 0.4) is 0 Å². The number of hydrogen-bond donors (Lipinski definition) is 1. The van der Waals surface area contributed by atoms with Crippen molar-refractivity contribution < 1.29 is 34.4 Å². The fourth-order valence-electron chi connectivity index (χ4n) is 6.75. The van der Waals surface area contributed by atoms with Crippen molar-refractivity contribution >= 4 is 27.5 Å². The van der Waals surface area contributed by atoms with E-state index < -0.39 is 0 Å². The molecule has 0 saturated heterocycles. The van der Waals surface area contributed by atoms with Crippen LogP contribution in [0, 0.1) is 16.9 Å². The van der Waals surface area contributed by atoms with Gasteiger partial charge in [0.15, 0.2) is 5.78 Å². The van der Waals surface area contributed by atoms with Gasteiger partial charge in [-0.1, -0.05) is 107 Å². The summed E-state index contributed by atoms with van der Waals surface area (Å²) < 4.78 is 6.49. The molecule has 51 heavy (non-hydrogen) atoms. The number of aryl methyl sites for hydroxylation is 2. The SMILES string of the molecule is CCC(C)(CC)C(=O)/C=C(\O)C(C)(CC)CC.[Ir].[c-]1c(-c2nccc3c4c(oc23)CCc2cnccc2-4)cc(-c2ccccc2)c2ccccc12. The number of aliphatic hydroxyl groups excluding tert-OH is 1. The number of pyridine rings is 2. The van der Waals surface area contributed by atoms with Gasteiger partial charge in [-0.15, -0.1) is 23.6 Å². The second kappa shape index (κ2) is 15.9. The molecule has 0 aliphatic heterocycles. The van der Waals surface area contributed by atoms with E-state index in [1.165, 1.54) is 39.3 Å². The van der Waals surface area contributed by atoms with Crippen LogP contribution < -0.4 is 0 Å². The van der Waals surface area contributed by atoms with Crippen LogP contribution in [-0.2, 0) is 37.7 Å². The van der Waals surface area contributed by atoms with E-state index in [4.69, 9.17) is 9.40 Å². The van der Waals surface area contributed by atoms with E-state index in [1.54, 1.807) is 0 Å². The third-order valence-corrected chi connectivity index (χ3v) is 11.2. The van der Waals surface area contributed by atoms with E-state index in [9.17, 15) is 9.90 Å². The summed E-state index contributed by atoms with van der Waals surface area (Å²) in [5.74, 6) is 1.32. The predicted molar refractivity (Wildman–Crippen MR) is 205 cm³/mol. The first-order chi connectivity index (χ1) is 24.2. The second-order valence-electron chi connectivity index (χ2n) is 13.9. The van der Waals surface area contributed by atoms with Crippen molar-refractivity contribution in [3.63, 3.8) is 0 Å². The van der Waals surface area contributed by atoms with Crippen molar-refractivity contribution in [2.24, 2.45) is 10.8 Å². The Labute approximate surface area is 315 Å². The molecule has 1 N–H and O–H groups in total. The maximum atomic E-state index is 12.2. The van der Waals surface area contributed by atoms with Gasteiger partial charge in [-0.2, -0.15) is 0 Å². The largest absolute Gasteiger partial charge is 0.512 e. The number of allylic oxidation sites excluding steroid dienone is 2. The van der Waals surface area contributed by atoms with Crippen molar-refractivity contribution in [3.05, 3.63) is 121 Å². The number of hydrogen-bond acceptors (Lipinski definition) is 5. The van der Waals surface area contributed by atoms with Crippen LogP contribution in [0.1, 0.15) is 78.5 Å². The molecule has 0 bridgehead atoms. The van der Waals surface area contributed by atoms with Gasteiger partial charge in [0, 0.05) is 78.7 Å². The summed E-state index contributed by atoms with van der Waals surface area (Å²) in [5.41, 5.74) is 8.03. The first-order valence-electron chi connectivity index (χ1n) is 18.0. The van der Waals surface area contributed by atoms with Crippen molar-refractivity contribution in [2.45, 2.75) is 80.1 Å². The average molecular weight is 856 g/mol. The number of rotatable bonds is 9. The minimum absolute atomic E-state index is 0. The number of nitrogens with zero attached hydrogens (tertiary/aromatic N) is 2. The summed E-state index contributed by atoms with van der Waals surface area (Å²) >= 11 is 0. The van der Waals surface area contributed by atoms with E-state index in [-0.39, 0.29) is 42.5 Å². The molecule has 3 aromatic heterocycles. The van der Waals surface area contributed by atoms with E-state index in [2.05, 4.69) is 77.8 Å². The third kappa shape index (κ3) is 7.36. The van der Waals surface area contributed by atoms with Crippen LogP contribution in [0.4, 0.5) is 0 Å². The summed E-state index contributed by atoms with van der Waals surface area (Å²) in [6, 6.07) is 28.9. The summed E-state index contributed by atoms with van der Waals surface area (Å²) in [6.07, 6.45) is 12.3. The van der Waals surface area contributed by atoms with Gasteiger partial charge in [-0.05, 0) is 60.9 Å². The molecule has 0 atom stereocenters. The van der Waals surface area contributed by atoms with Crippen molar-refractivity contribution in [2.75, 3.05) is 0 Å². The van der Waals surface area contributed by atoms with Crippen LogP contribution in [0.15, 0.2) is 108 Å². The molecule has 5 nitrogen and oxygen atoms in total. The van der Waals surface area contributed by atoms with Crippen LogP contribution in [-0.4, -0.2) is 20.9 Å². The van der Waals surface area contributed by atoms with E-state index in [0.29, 0.717) is 0 Å². The Bertz CT molecular complexity index is 2180. The Balaban J connectivity index is 0.000000242. The normalized spacial score (nSPS) is 12.8. The number of aromatic nitrogens is 2. The van der Waals surface area contributed by atoms with E-state index >= 15 is 0 Å². The predicted octanol–water partition coefficient (Wildman–Crippen LogP) is 11.9. The molecule has 6 aromatic rings. The van der Waals surface area contributed by atoms with Gasteiger partial charge in [0.05, 0.1) is 0 Å². The molecule has 1 aliphatic rings. The Hall–Kier alpha value is -4.38. The quantitative estimate of drug-likeness (QED) is 0.0890. The summed E-state index contributed by atoms with van der Waals surface area (Å²) in [6.45, 7) is 12.1. The molecule has 3 heterocycles. The van der Waals surface area contributed by atoms with Crippen LogP contribution >= 0.6 is 0 Å². The number of fused-ring (bicyclic) bond motifs is 6. The van der Waals surface area contributed by atoms with Gasteiger partial charge >= 0.3 is 0 Å². The van der Waals surface area contributed by atoms with E-state index in [0.717, 1.165) is 71.9 Å². The monoisotopic (exact) mass is 856 g/mol. The van der Waals surface area contributed by atoms with Gasteiger partial charge in [0.2, 0.25) is 0 Å². The molecule has 0 fully saturated rings. The first kappa shape index (κ1) is 37.9. The molecule has 3 aromatic carbocycles. The van der Waals surface area contributed by atoms with Gasteiger partial charge < -0.3 is 9.52 Å². The number of benzene rings is 3. The number of aliphatic hydroxyl groups is 1. The summed E-state index contributed by atoms with van der Waals surface area (Å²) in [7, 11) is 0. The van der Waals surface area contributed by atoms with E-state index in [1.807, 2.05) is 66.2 Å². The van der Waals surface area contributed by atoms with Crippen molar-refractivity contribution in [1.29, 1.82) is 0 Å². The van der Waals surface area contributed by atoms with Crippen molar-refractivity contribution in [1.82, 2.24) is 9.97 Å². The zero-order valence-corrected chi connectivity index (χ0v) is 32.9. The topological polar surface area (TPSA) is 76.2 Å². The van der Waals surface area contributed by atoms with Crippen LogP contribution in [0.5, 0.6) is 0 Å². The van der Waals surface area contributed by atoms with Crippen LogP contribution in [0.2, 0.25) is 0 Å². The minimum atomic E-state index is -0.337. The third-order valence-electron chi connectivity index (χ3n) is 11.2. The fourth-order valence-corrected chi connectivity index (χ4v) is 6.75. The van der Waals surface area contributed by atoms with Gasteiger partial charge in [0.25, 0.3) is 0 Å².